The molecule has 2 saturated heterocycles. The van der Waals surface area contributed by atoms with Gasteiger partial charge < -0.3 is 39.7 Å². The van der Waals surface area contributed by atoms with Crippen LogP contribution in [0.25, 0.3) is 0 Å². The number of ether oxygens (including phenoxy) is 3. The lowest BCUT2D eigenvalue weighted by Crippen LogP contribution is -2.62. The van der Waals surface area contributed by atoms with Gasteiger partial charge in [-0.2, -0.15) is 0 Å². The van der Waals surface area contributed by atoms with Crippen molar-refractivity contribution >= 4 is 17.5 Å². The molecule has 320 valence electrons. The number of rotatable bonds is 3. The van der Waals surface area contributed by atoms with Crippen LogP contribution in [0.15, 0.2) is 36.5 Å². The number of aliphatic hydroxyl groups is 5. The van der Waals surface area contributed by atoms with Crippen LogP contribution < -0.4 is 0 Å². The molecule has 3 aliphatic rings. The lowest BCUT2D eigenvalue weighted by atomic mass is 9.74. The number of ketones is 2. The second-order valence-electron chi connectivity index (χ2n) is 18.0. The maximum Gasteiger partial charge on any atom is 0.330 e. The highest BCUT2D eigenvalue weighted by atomic mass is 16.7. The average molecular weight is 791 g/mol. The number of carbonyl (C=O) groups is 3. The molecule has 11 nitrogen and oxygen atoms in total. The van der Waals surface area contributed by atoms with E-state index in [1.165, 1.54) is 39.8 Å². The molecular weight excluding hydrogens is 716 g/mol. The summed E-state index contributed by atoms with van der Waals surface area (Å²) in [6.07, 6.45) is 9.62. The first-order valence-electron chi connectivity index (χ1n) is 21.2. The molecule has 0 unspecified atom stereocenters. The van der Waals surface area contributed by atoms with E-state index in [1.807, 2.05) is 32.1 Å². The summed E-state index contributed by atoms with van der Waals surface area (Å²) in [4.78, 5) is 40.5. The zero-order valence-corrected chi connectivity index (χ0v) is 35.8. The summed E-state index contributed by atoms with van der Waals surface area (Å²) in [6.45, 7) is 19.1. The molecule has 0 radical (unpaired) electrons. The van der Waals surface area contributed by atoms with Crippen LogP contribution in [0.1, 0.15) is 121 Å². The predicted octanol–water partition coefficient (Wildman–Crippen LogP) is 5.88. The monoisotopic (exact) mass is 791 g/mol. The maximum atomic E-state index is 13.5. The normalized spacial score (nSPS) is 46.2. The number of carbonyl (C=O) groups excluding carboxylic acids is 3. The van der Waals surface area contributed by atoms with Gasteiger partial charge in [-0.25, -0.2) is 4.79 Å². The molecule has 0 aromatic rings. The number of hydrogen-bond acceptors (Lipinski definition) is 11. The van der Waals surface area contributed by atoms with E-state index in [1.54, 1.807) is 20.8 Å². The Labute approximate surface area is 336 Å². The first-order chi connectivity index (χ1) is 26.1. The minimum Gasteiger partial charge on any atom is -0.458 e. The molecule has 2 bridgehead atoms. The van der Waals surface area contributed by atoms with Crippen molar-refractivity contribution < 1.29 is 54.1 Å². The van der Waals surface area contributed by atoms with Gasteiger partial charge in [-0.3, -0.25) is 9.59 Å². The molecule has 0 aromatic heterocycles. The smallest absolute Gasteiger partial charge is 0.330 e. The van der Waals surface area contributed by atoms with Gasteiger partial charge in [-0.05, 0) is 70.1 Å². The summed E-state index contributed by atoms with van der Waals surface area (Å²) in [6, 6.07) is 0. The van der Waals surface area contributed by atoms with Gasteiger partial charge in [0.1, 0.15) is 17.5 Å². The minimum absolute atomic E-state index is 0.168. The van der Waals surface area contributed by atoms with Gasteiger partial charge >= 0.3 is 5.97 Å². The molecule has 11 heteroatoms. The SMILES string of the molecule is CC[C@@H]1C=C/C=C/C[C@H](C)[C@@H](O)[C@](C)(O)C(=O)[C@@H](C)[C@H](O)[C@@H](C)C(=O)[C@H](C)[C@@H](O)[C@H](C)/C=C/C(=O)O[C@H]2[C@@H](C)[C@@H](CC1)O[C@@]1(CC[C@@H](C)[C@@H](C[C@H](C)O)O1)[C@@H]2C. The Morgan fingerprint density at radius 2 is 1.48 bits per heavy atom. The third-order valence-corrected chi connectivity index (χ3v) is 13.4. The Bertz CT molecular complexity index is 1390. The number of fused-ring (bicyclic) bond motifs is 2. The van der Waals surface area contributed by atoms with Crippen molar-refractivity contribution in [1.29, 1.82) is 0 Å². The van der Waals surface area contributed by atoms with E-state index in [0.717, 1.165) is 19.3 Å². The molecule has 3 heterocycles. The molecular formula is C45H74O11. The molecule has 5 N–H and O–H groups in total. The highest BCUT2D eigenvalue weighted by molar-refractivity contribution is 5.91. The van der Waals surface area contributed by atoms with Crippen molar-refractivity contribution in [2.75, 3.05) is 0 Å². The number of Topliss-reactive ketones (excluding diaryl/α,β-unsaturated/α-hetero) is 2. The Morgan fingerprint density at radius 3 is 2.11 bits per heavy atom. The second-order valence-corrected chi connectivity index (χ2v) is 18.0. The largest absolute Gasteiger partial charge is 0.458 e. The summed E-state index contributed by atoms with van der Waals surface area (Å²) < 4.78 is 20.0. The van der Waals surface area contributed by atoms with E-state index in [0.29, 0.717) is 25.7 Å². The first kappa shape index (κ1) is 48.1. The summed E-state index contributed by atoms with van der Waals surface area (Å²) in [5.74, 6) is -7.28. The Balaban J connectivity index is 1.99. The summed E-state index contributed by atoms with van der Waals surface area (Å²) in [5, 5.41) is 55.0. The molecule has 2 fully saturated rings. The van der Waals surface area contributed by atoms with Gasteiger partial charge in [0.25, 0.3) is 0 Å². The average Bonchev–Trinajstić information content (AvgIpc) is 3.16. The van der Waals surface area contributed by atoms with Crippen LogP contribution in [-0.4, -0.2) is 97.2 Å². The van der Waals surface area contributed by atoms with Gasteiger partial charge in [0, 0.05) is 48.0 Å². The fraction of sp³-hybridized carbons (Fsp3) is 0.800. The van der Waals surface area contributed by atoms with Crippen LogP contribution >= 0.6 is 0 Å². The van der Waals surface area contributed by atoms with Gasteiger partial charge in [0.05, 0.1) is 36.6 Å². The first-order valence-corrected chi connectivity index (χ1v) is 21.2. The van der Waals surface area contributed by atoms with Crippen molar-refractivity contribution in [3.63, 3.8) is 0 Å². The number of hydrogen-bond donors (Lipinski definition) is 5. The minimum atomic E-state index is -2.18. The second kappa shape index (κ2) is 20.6. The van der Waals surface area contributed by atoms with Crippen molar-refractivity contribution in [3.8, 4) is 0 Å². The number of allylic oxidation sites excluding steroid dienone is 4. The predicted molar refractivity (Wildman–Crippen MR) is 215 cm³/mol. The number of esters is 1. The summed E-state index contributed by atoms with van der Waals surface area (Å²) in [7, 11) is 0. The summed E-state index contributed by atoms with van der Waals surface area (Å²) in [5.41, 5.74) is -2.18. The molecule has 1 spiro atoms. The van der Waals surface area contributed by atoms with Crippen molar-refractivity contribution in [2.24, 2.45) is 53.3 Å². The molecule has 56 heavy (non-hydrogen) atoms. The van der Waals surface area contributed by atoms with Gasteiger partial charge in [-0.1, -0.05) is 92.7 Å². The maximum absolute atomic E-state index is 13.5. The number of aliphatic hydroxyl groups excluding tert-OH is 4. The molecule has 0 aromatic carbocycles. The Kier molecular flexibility index (Phi) is 17.7. The zero-order chi connectivity index (χ0) is 42.3. The third kappa shape index (κ3) is 11.5. The Hall–Kier alpha value is -2.25. The van der Waals surface area contributed by atoms with Crippen LogP contribution in [0.4, 0.5) is 0 Å². The van der Waals surface area contributed by atoms with Crippen LogP contribution in [0, 0.1) is 53.3 Å². The Morgan fingerprint density at radius 1 is 0.839 bits per heavy atom. The van der Waals surface area contributed by atoms with Crippen molar-refractivity contribution in [1.82, 2.24) is 0 Å². The van der Waals surface area contributed by atoms with E-state index < -0.39 is 89.0 Å². The van der Waals surface area contributed by atoms with E-state index in [9.17, 15) is 39.9 Å². The lowest BCUT2D eigenvalue weighted by Gasteiger charge is -2.55. The van der Waals surface area contributed by atoms with Crippen molar-refractivity contribution in [2.45, 2.75) is 175 Å². The van der Waals surface area contributed by atoms with Crippen LogP contribution in [0.5, 0.6) is 0 Å². The lowest BCUT2D eigenvalue weighted by molar-refractivity contribution is -0.371. The quantitative estimate of drug-likeness (QED) is 0.216. The standard InChI is InChI=1S/C45H74O11/c1-12-34-17-15-13-14-16-27(4)42(51)44(11,53)43(52)32(9)40(50)31(8)39(49)30(7)38(48)26(3)18-21-37(47)54-41-29(6)35(20-19-34)55-45(33(41)10)23-22-25(2)36(56-45)24-28(5)46/h13-15,17-18,21,25-36,38,40-42,46,48,50-51,53H,12,16,19-20,22-24H2,1-11H3/b14-13+,17-15?,21-18+/t25-,26-,27+,28+,29+,30-,31+,32+,33-,34-,35-,36-,38+,40-,41+,42-,44+,45-/m1/s1. The highest BCUT2D eigenvalue weighted by Gasteiger charge is 2.56. The van der Waals surface area contributed by atoms with E-state index in [2.05, 4.69) is 19.9 Å². The third-order valence-electron chi connectivity index (χ3n) is 13.4. The van der Waals surface area contributed by atoms with Crippen LogP contribution in [0.2, 0.25) is 0 Å². The van der Waals surface area contributed by atoms with Gasteiger partial charge in [0.15, 0.2) is 11.6 Å². The van der Waals surface area contributed by atoms with E-state index in [4.69, 9.17) is 14.2 Å². The van der Waals surface area contributed by atoms with Crippen LogP contribution in [-0.2, 0) is 28.6 Å². The molecule has 3 rings (SSSR count). The fourth-order valence-electron chi connectivity index (χ4n) is 9.01. The molecule has 0 amide bonds. The molecule has 3 aliphatic heterocycles. The van der Waals surface area contributed by atoms with Gasteiger partial charge in [-0.15, -0.1) is 0 Å². The topological polar surface area (TPSA) is 180 Å². The van der Waals surface area contributed by atoms with E-state index in [-0.39, 0.29) is 35.9 Å². The highest BCUT2D eigenvalue weighted by Crippen LogP contribution is 2.49. The molecule has 0 aliphatic carbocycles. The zero-order valence-electron chi connectivity index (χ0n) is 35.8. The van der Waals surface area contributed by atoms with E-state index >= 15 is 0 Å². The molecule has 0 saturated carbocycles. The van der Waals surface area contributed by atoms with Gasteiger partial charge in [0.2, 0.25) is 0 Å². The molecule has 18 atom stereocenters. The van der Waals surface area contributed by atoms with Crippen LogP contribution in [0.3, 0.4) is 0 Å². The fourth-order valence-corrected chi connectivity index (χ4v) is 9.01. The summed E-state index contributed by atoms with van der Waals surface area (Å²) >= 11 is 0. The van der Waals surface area contributed by atoms with Crippen molar-refractivity contribution in [3.05, 3.63) is 36.5 Å².